The molecule has 4 nitrogen and oxygen atoms in total. The Bertz CT molecular complexity index is 3090. The van der Waals surface area contributed by atoms with Crippen LogP contribution in [0.5, 0.6) is 0 Å². The Balaban J connectivity index is 1.03. The lowest BCUT2D eigenvalue weighted by atomic mass is 9.67. The molecule has 0 spiro atoms. The number of imidazole rings is 1. The average molecular weight is 676 g/mol. The van der Waals surface area contributed by atoms with Crippen LogP contribution in [0.3, 0.4) is 0 Å². The first-order chi connectivity index (χ1) is 26.2. The van der Waals surface area contributed by atoms with Crippen molar-refractivity contribution in [2.75, 3.05) is 0 Å². The Labute approximate surface area is 305 Å². The van der Waals surface area contributed by atoms with Crippen molar-refractivity contribution in [1.82, 2.24) is 9.38 Å². The molecule has 3 aromatic heterocycles. The van der Waals surface area contributed by atoms with Crippen molar-refractivity contribution in [2.24, 2.45) is 0 Å². The molecule has 3 heterocycles. The maximum absolute atomic E-state index is 10.00. The number of benzene rings is 7. The van der Waals surface area contributed by atoms with Gasteiger partial charge in [0.25, 0.3) is 0 Å². The normalized spacial score (nSPS) is 13.0. The van der Waals surface area contributed by atoms with Crippen LogP contribution in [0.1, 0.15) is 27.8 Å². The summed E-state index contributed by atoms with van der Waals surface area (Å²) >= 11 is 0. The Kier molecular flexibility index (Phi) is 6.20. The third-order valence-electron chi connectivity index (χ3n) is 11.1. The van der Waals surface area contributed by atoms with E-state index in [1.54, 1.807) is 0 Å². The number of aromatic nitrogens is 2. The Morgan fingerprint density at radius 2 is 1.13 bits per heavy atom. The van der Waals surface area contributed by atoms with E-state index in [0.717, 1.165) is 55.7 Å². The van der Waals surface area contributed by atoms with Gasteiger partial charge in [-0.1, -0.05) is 115 Å². The van der Waals surface area contributed by atoms with Crippen molar-refractivity contribution in [3.05, 3.63) is 204 Å². The van der Waals surface area contributed by atoms with Crippen LogP contribution < -0.4 is 0 Å². The molecule has 0 radical (unpaired) electrons. The van der Waals surface area contributed by atoms with E-state index in [1.807, 2.05) is 24.3 Å². The van der Waals surface area contributed by atoms with Gasteiger partial charge in [-0.25, -0.2) is 4.98 Å². The first kappa shape index (κ1) is 29.5. The van der Waals surface area contributed by atoms with Crippen LogP contribution in [0.4, 0.5) is 0 Å². The van der Waals surface area contributed by atoms with Crippen LogP contribution in [-0.4, -0.2) is 9.38 Å². The van der Waals surface area contributed by atoms with Gasteiger partial charge in [0.1, 0.15) is 16.7 Å². The van der Waals surface area contributed by atoms with E-state index in [0.29, 0.717) is 5.56 Å². The molecule has 0 saturated heterocycles. The van der Waals surface area contributed by atoms with Crippen LogP contribution in [0.2, 0.25) is 0 Å². The molecular weight excluding hydrogens is 647 g/mol. The standard InChI is InChI=1S/C49H29N3O/c50-29-31-15-22-40-41-23-20-36(28-44(41)49(43(40)25-31,38-9-3-1-4-10-38)39-11-5-2-6-12-39)34-17-16-33-27-35(19-18-32(33)26-34)37-21-24-46-51-47-42-13-7-8-14-45(42)53-48(47)52(46)30-37/h1-28,30H. The molecule has 1 aliphatic carbocycles. The van der Waals surface area contributed by atoms with Crippen molar-refractivity contribution in [3.63, 3.8) is 0 Å². The highest BCUT2D eigenvalue weighted by molar-refractivity contribution is 6.03. The van der Waals surface area contributed by atoms with Gasteiger partial charge < -0.3 is 4.42 Å². The lowest BCUT2D eigenvalue weighted by Crippen LogP contribution is -2.28. The van der Waals surface area contributed by atoms with Gasteiger partial charge in [0.15, 0.2) is 0 Å². The largest absolute Gasteiger partial charge is 0.437 e. The molecule has 10 aromatic rings. The fraction of sp³-hybridized carbons (Fsp3) is 0.0204. The number of hydrogen-bond donors (Lipinski definition) is 0. The van der Waals surface area contributed by atoms with Gasteiger partial charge in [-0.2, -0.15) is 5.26 Å². The summed E-state index contributed by atoms with van der Waals surface area (Å²) in [7, 11) is 0. The topological polar surface area (TPSA) is 54.2 Å². The van der Waals surface area contributed by atoms with Crippen LogP contribution in [0.25, 0.3) is 72.0 Å². The maximum Gasteiger partial charge on any atom is 0.232 e. The van der Waals surface area contributed by atoms with Crippen molar-refractivity contribution in [2.45, 2.75) is 5.41 Å². The number of fused-ring (bicyclic) bond motifs is 9. The predicted octanol–water partition coefficient (Wildman–Crippen LogP) is 12.0. The third-order valence-corrected chi connectivity index (χ3v) is 11.1. The Hall–Kier alpha value is -7.22. The van der Waals surface area contributed by atoms with Gasteiger partial charge in [-0.3, -0.25) is 4.40 Å². The van der Waals surface area contributed by atoms with Crippen LogP contribution in [-0.2, 0) is 5.41 Å². The predicted molar refractivity (Wildman–Crippen MR) is 213 cm³/mol. The zero-order chi connectivity index (χ0) is 35.1. The van der Waals surface area contributed by atoms with Crippen molar-refractivity contribution in [3.8, 4) is 39.4 Å². The van der Waals surface area contributed by atoms with Crippen LogP contribution in [0.15, 0.2) is 180 Å². The average Bonchev–Trinajstić information content (AvgIpc) is 3.87. The van der Waals surface area contributed by atoms with Crippen molar-refractivity contribution < 1.29 is 4.42 Å². The molecule has 0 fully saturated rings. The van der Waals surface area contributed by atoms with E-state index in [4.69, 9.17) is 9.40 Å². The van der Waals surface area contributed by atoms with Gasteiger partial charge in [0, 0.05) is 11.6 Å². The fourth-order valence-electron chi connectivity index (χ4n) is 8.67. The molecule has 246 valence electrons. The molecule has 7 aromatic carbocycles. The summed E-state index contributed by atoms with van der Waals surface area (Å²) < 4.78 is 8.28. The molecule has 0 N–H and O–H groups in total. The smallest absolute Gasteiger partial charge is 0.232 e. The maximum atomic E-state index is 10.00. The number of hydrogen-bond acceptors (Lipinski definition) is 3. The summed E-state index contributed by atoms with van der Waals surface area (Å²) in [5.41, 5.74) is 15.1. The molecule has 0 atom stereocenters. The van der Waals surface area contributed by atoms with Gasteiger partial charge in [0.2, 0.25) is 5.71 Å². The molecule has 0 unspecified atom stereocenters. The highest BCUT2D eigenvalue weighted by atomic mass is 16.3. The Morgan fingerprint density at radius 1 is 0.547 bits per heavy atom. The summed E-state index contributed by atoms with van der Waals surface area (Å²) in [6.45, 7) is 0. The summed E-state index contributed by atoms with van der Waals surface area (Å²) in [5, 5.41) is 13.4. The number of nitrogens with zero attached hydrogens (tertiary/aromatic N) is 3. The molecule has 53 heavy (non-hydrogen) atoms. The lowest BCUT2D eigenvalue weighted by Gasteiger charge is -2.34. The summed E-state index contributed by atoms with van der Waals surface area (Å²) in [6.07, 6.45) is 2.12. The molecule has 4 heteroatoms. The number of nitriles is 1. The minimum atomic E-state index is -0.577. The van der Waals surface area contributed by atoms with E-state index in [-0.39, 0.29) is 0 Å². The monoisotopic (exact) mass is 675 g/mol. The summed E-state index contributed by atoms with van der Waals surface area (Å²) in [5.74, 6) is 0. The number of furan rings is 1. The molecule has 11 rings (SSSR count). The van der Waals surface area contributed by atoms with Crippen molar-refractivity contribution >= 4 is 38.6 Å². The molecule has 0 aliphatic heterocycles. The van der Waals surface area contributed by atoms with E-state index in [2.05, 4.69) is 162 Å². The van der Waals surface area contributed by atoms with E-state index in [9.17, 15) is 5.26 Å². The second kappa shape index (κ2) is 11.1. The zero-order valence-electron chi connectivity index (χ0n) is 28.5. The second-order valence-electron chi connectivity index (χ2n) is 13.9. The Morgan fingerprint density at radius 3 is 1.85 bits per heavy atom. The first-order valence-corrected chi connectivity index (χ1v) is 17.8. The molecule has 1 aliphatic rings. The van der Waals surface area contributed by atoms with Gasteiger partial charge >= 0.3 is 0 Å². The lowest BCUT2D eigenvalue weighted by molar-refractivity contribution is 0.649. The fourth-order valence-corrected chi connectivity index (χ4v) is 8.67. The second-order valence-corrected chi connectivity index (χ2v) is 13.9. The molecule has 0 bridgehead atoms. The minimum Gasteiger partial charge on any atom is -0.437 e. The van der Waals surface area contributed by atoms with Crippen LogP contribution in [0, 0.1) is 11.3 Å². The minimum absolute atomic E-state index is 0.577. The van der Waals surface area contributed by atoms with Gasteiger partial charge in [0.05, 0.1) is 17.0 Å². The van der Waals surface area contributed by atoms with Crippen LogP contribution >= 0.6 is 0 Å². The van der Waals surface area contributed by atoms with E-state index < -0.39 is 5.41 Å². The third kappa shape index (κ3) is 4.26. The molecular formula is C49H29N3O. The zero-order valence-corrected chi connectivity index (χ0v) is 28.5. The van der Waals surface area contributed by atoms with E-state index >= 15 is 0 Å². The number of pyridine rings is 1. The van der Waals surface area contributed by atoms with Crippen molar-refractivity contribution in [1.29, 1.82) is 5.26 Å². The van der Waals surface area contributed by atoms with Gasteiger partial charge in [-0.05, 0) is 121 Å². The SMILES string of the molecule is N#Cc1ccc2c(c1)C(c1ccccc1)(c1ccccc1)c1cc(-c3ccc4cc(-c5ccc6nc7c8ccccc8oc7n6c5)ccc4c3)ccc1-2. The highest BCUT2D eigenvalue weighted by Gasteiger charge is 2.46. The molecule has 0 saturated carbocycles. The number of rotatable bonds is 4. The quantitative estimate of drug-likeness (QED) is 0.187. The summed E-state index contributed by atoms with van der Waals surface area (Å²) in [6, 6.07) is 62.5. The number of para-hydroxylation sites is 1. The molecule has 0 amide bonds. The van der Waals surface area contributed by atoms with Gasteiger partial charge in [-0.15, -0.1) is 0 Å². The first-order valence-electron chi connectivity index (χ1n) is 17.8. The summed E-state index contributed by atoms with van der Waals surface area (Å²) in [4.78, 5) is 4.87. The highest BCUT2D eigenvalue weighted by Crippen LogP contribution is 2.57. The van der Waals surface area contributed by atoms with E-state index in [1.165, 1.54) is 38.6 Å².